The maximum Gasteiger partial charge on any atom is 0.257 e. The van der Waals surface area contributed by atoms with Gasteiger partial charge in [0.25, 0.3) is 5.89 Å². The summed E-state index contributed by atoms with van der Waals surface area (Å²) in [7, 11) is -3.55. The number of amides is 1. The SMILES string of the molecule is O=C(Cc1ccc(S(=O)(=O)NC2CC2)cc1)Nc1cc(Cl)c(C2(c3noc(-c4ccc(Cl)cc4)n3)CC2)c(Cl)c1. The fraction of sp³-hybridized carbons (Fsp3) is 0.250. The minimum Gasteiger partial charge on any atom is -0.334 e. The van der Waals surface area contributed by atoms with E-state index in [0.717, 1.165) is 31.2 Å². The first kappa shape index (κ1) is 27.2. The van der Waals surface area contributed by atoms with Crippen LogP contribution in [0.4, 0.5) is 5.69 Å². The van der Waals surface area contributed by atoms with Crippen LogP contribution in [-0.2, 0) is 26.7 Å². The van der Waals surface area contributed by atoms with Crippen LogP contribution in [0.2, 0.25) is 15.1 Å². The molecule has 2 aliphatic rings. The lowest BCUT2D eigenvalue weighted by atomic mass is 9.94. The summed E-state index contributed by atoms with van der Waals surface area (Å²) in [6.45, 7) is 0. The largest absolute Gasteiger partial charge is 0.334 e. The van der Waals surface area contributed by atoms with E-state index < -0.39 is 15.4 Å². The van der Waals surface area contributed by atoms with Crippen LogP contribution in [0.15, 0.2) is 70.1 Å². The minimum atomic E-state index is -3.55. The third-order valence-corrected chi connectivity index (χ3v) is 9.38. The molecule has 40 heavy (non-hydrogen) atoms. The van der Waals surface area contributed by atoms with Crippen molar-refractivity contribution < 1.29 is 17.7 Å². The number of hydrogen-bond acceptors (Lipinski definition) is 6. The van der Waals surface area contributed by atoms with Gasteiger partial charge in [0.15, 0.2) is 5.82 Å². The number of aromatic nitrogens is 2. The van der Waals surface area contributed by atoms with Crippen LogP contribution < -0.4 is 10.0 Å². The van der Waals surface area contributed by atoms with Gasteiger partial charge in [-0.2, -0.15) is 4.98 Å². The molecule has 6 rings (SSSR count). The lowest BCUT2D eigenvalue weighted by molar-refractivity contribution is -0.115. The lowest BCUT2D eigenvalue weighted by Crippen LogP contribution is -2.25. The van der Waals surface area contributed by atoms with Gasteiger partial charge in [0.2, 0.25) is 15.9 Å². The highest BCUT2D eigenvalue weighted by Gasteiger charge is 2.52. The molecule has 4 aromatic rings. The van der Waals surface area contributed by atoms with Gasteiger partial charge in [-0.3, -0.25) is 4.79 Å². The second-order valence-electron chi connectivity index (χ2n) is 10.1. The van der Waals surface area contributed by atoms with Crippen LogP contribution in [0.5, 0.6) is 0 Å². The third-order valence-electron chi connectivity index (χ3n) is 7.00. The highest BCUT2D eigenvalue weighted by molar-refractivity contribution is 7.89. The summed E-state index contributed by atoms with van der Waals surface area (Å²) in [5, 5.41) is 8.42. The number of nitrogens with one attached hydrogen (secondary N) is 2. The number of rotatable bonds is 9. The Morgan fingerprint density at radius 1 is 0.975 bits per heavy atom. The summed E-state index contributed by atoms with van der Waals surface area (Å²) in [6, 6.07) is 16.7. The number of nitrogens with zero attached hydrogens (tertiary/aromatic N) is 2. The van der Waals surface area contributed by atoms with E-state index in [-0.39, 0.29) is 23.3 Å². The molecular weight excluding hydrogens is 595 g/mol. The minimum absolute atomic E-state index is 0.0225. The van der Waals surface area contributed by atoms with E-state index in [0.29, 0.717) is 43.6 Å². The fourth-order valence-corrected chi connectivity index (χ4v) is 6.89. The summed E-state index contributed by atoms with van der Waals surface area (Å²) in [4.78, 5) is 17.5. The standard InChI is InChI=1S/C28H23Cl3N4O4S/c29-18-5-3-17(4-6-18)26-33-27(34-39-26)28(11-12-28)25-22(30)14-20(15-23(25)31)32-24(36)13-16-1-9-21(10-2-16)40(37,38)35-19-7-8-19/h1-6,9-10,14-15,19,35H,7-8,11-13H2,(H,32,36). The first-order chi connectivity index (χ1) is 19.1. The van der Waals surface area contributed by atoms with E-state index in [9.17, 15) is 13.2 Å². The molecule has 2 saturated carbocycles. The summed E-state index contributed by atoms with van der Waals surface area (Å²) in [5.74, 6) is 0.577. The lowest BCUT2D eigenvalue weighted by Gasteiger charge is -2.17. The molecule has 1 aromatic heterocycles. The molecule has 0 atom stereocenters. The van der Waals surface area contributed by atoms with Gasteiger partial charge in [0.05, 0.1) is 16.7 Å². The molecule has 0 radical (unpaired) electrons. The van der Waals surface area contributed by atoms with Gasteiger partial charge in [-0.05, 0) is 79.8 Å². The van der Waals surface area contributed by atoms with E-state index in [2.05, 4.69) is 20.2 Å². The third kappa shape index (κ3) is 5.62. The zero-order valence-electron chi connectivity index (χ0n) is 21.0. The van der Waals surface area contributed by atoms with Crippen molar-refractivity contribution >= 4 is 56.4 Å². The smallest absolute Gasteiger partial charge is 0.257 e. The number of carbonyl (C=O) groups is 1. The molecule has 2 N–H and O–H groups in total. The van der Waals surface area contributed by atoms with Crippen molar-refractivity contribution in [3.05, 3.63) is 92.7 Å². The Morgan fingerprint density at radius 3 is 2.23 bits per heavy atom. The monoisotopic (exact) mass is 616 g/mol. The van der Waals surface area contributed by atoms with Gasteiger partial charge in [0.1, 0.15) is 0 Å². The van der Waals surface area contributed by atoms with E-state index >= 15 is 0 Å². The van der Waals surface area contributed by atoms with Gasteiger partial charge in [-0.25, -0.2) is 13.1 Å². The second-order valence-corrected chi connectivity index (χ2v) is 13.1. The molecule has 1 amide bonds. The Kier molecular flexibility index (Phi) is 7.13. The van der Waals surface area contributed by atoms with Gasteiger partial charge >= 0.3 is 0 Å². The number of hydrogen-bond donors (Lipinski definition) is 2. The van der Waals surface area contributed by atoms with Crippen molar-refractivity contribution in [1.82, 2.24) is 14.9 Å². The molecule has 8 nitrogen and oxygen atoms in total. The second kappa shape index (κ2) is 10.5. The van der Waals surface area contributed by atoms with Crippen molar-refractivity contribution in [3.8, 4) is 11.5 Å². The van der Waals surface area contributed by atoms with E-state index in [1.54, 1.807) is 48.5 Å². The van der Waals surface area contributed by atoms with Crippen molar-refractivity contribution in [3.63, 3.8) is 0 Å². The maximum absolute atomic E-state index is 12.7. The van der Waals surface area contributed by atoms with Crippen molar-refractivity contribution in [2.45, 2.75) is 48.5 Å². The van der Waals surface area contributed by atoms with Crippen LogP contribution in [0.25, 0.3) is 11.5 Å². The normalized spacial score (nSPS) is 16.1. The van der Waals surface area contributed by atoms with E-state index in [4.69, 9.17) is 39.3 Å². The molecule has 0 spiro atoms. The number of carbonyl (C=O) groups excluding carboxylic acids is 1. The quantitative estimate of drug-likeness (QED) is 0.225. The Balaban J connectivity index is 1.15. The Hall–Kier alpha value is -2.95. The predicted molar refractivity (Wildman–Crippen MR) is 153 cm³/mol. The maximum atomic E-state index is 12.7. The Labute approximate surface area is 246 Å². The van der Waals surface area contributed by atoms with Gasteiger partial charge in [-0.1, -0.05) is 52.1 Å². The molecule has 0 bridgehead atoms. The van der Waals surface area contributed by atoms with Crippen molar-refractivity contribution in [1.29, 1.82) is 0 Å². The molecule has 1 heterocycles. The first-order valence-corrected chi connectivity index (χ1v) is 15.3. The molecule has 0 unspecified atom stereocenters. The summed E-state index contributed by atoms with van der Waals surface area (Å²) < 4.78 is 32.9. The fourth-order valence-electron chi connectivity index (χ4n) is 4.61. The van der Waals surface area contributed by atoms with Crippen LogP contribution >= 0.6 is 34.8 Å². The topological polar surface area (TPSA) is 114 Å². The summed E-state index contributed by atoms with van der Waals surface area (Å²) >= 11 is 19.4. The Bertz CT molecular complexity index is 1680. The summed E-state index contributed by atoms with van der Waals surface area (Å²) in [6.07, 6.45) is 3.26. The zero-order valence-corrected chi connectivity index (χ0v) is 24.0. The molecule has 0 saturated heterocycles. The van der Waals surface area contributed by atoms with Crippen LogP contribution in [0.3, 0.4) is 0 Å². The van der Waals surface area contributed by atoms with Gasteiger partial charge < -0.3 is 9.84 Å². The molecular formula is C28H23Cl3N4O4S. The Morgan fingerprint density at radius 2 is 1.62 bits per heavy atom. The molecule has 3 aromatic carbocycles. The number of sulfonamides is 1. The molecule has 0 aliphatic heterocycles. The highest BCUT2D eigenvalue weighted by Crippen LogP contribution is 2.57. The first-order valence-electron chi connectivity index (χ1n) is 12.6. The van der Waals surface area contributed by atoms with Gasteiger partial charge in [-0.15, -0.1) is 0 Å². The molecule has 12 heteroatoms. The average Bonchev–Trinajstić information content (AvgIpc) is 3.83. The van der Waals surface area contributed by atoms with Crippen molar-refractivity contribution in [2.24, 2.45) is 0 Å². The molecule has 2 aliphatic carbocycles. The highest BCUT2D eigenvalue weighted by atomic mass is 35.5. The molecule has 206 valence electrons. The number of benzene rings is 3. The average molecular weight is 618 g/mol. The number of halogens is 3. The zero-order chi connectivity index (χ0) is 28.1. The van der Waals surface area contributed by atoms with E-state index in [1.807, 2.05) is 0 Å². The van der Waals surface area contributed by atoms with Crippen molar-refractivity contribution in [2.75, 3.05) is 5.32 Å². The van der Waals surface area contributed by atoms with Gasteiger partial charge in [0, 0.05) is 37.9 Å². The predicted octanol–water partition coefficient (Wildman–Crippen LogP) is 6.40. The summed E-state index contributed by atoms with van der Waals surface area (Å²) in [5.41, 5.74) is 1.99. The number of anilines is 1. The van der Waals surface area contributed by atoms with E-state index in [1.165, 1.54) is 12.1 Å². The molecule has 2 fully saturated rings. The van der Waals surface area contributed by atoms with Crippen LogP contribution in [-0.4, -0.2) is 30.5 Å². The van der Waals surface area contributed by atoms with Crippen LogP contribution in [0, 0.1) is 0 Å². The van der Waals surface area contributed by atoms with Crippen LogP contribution in [0.1, 0.15) is 42.6 Å².